The molecule has 1 aromatic carbocycles. The number of nitrogens with zero attached hydrogens (tertiary/aromatic N) is 2. The van der Waals surface area contributed by atoms with Crippen LogP contribution in [0.4, 0.5) is 0 Å². The smallest absolute Gasteiger partial charge is 0.203 e. The molecule has 0 aliphatic heterocycles. The molecule has 1 heterocycles. The topological polar surface area (TPSA) is 64.4 Å². The third-order valence-electron chi connectivity index (χ3n) is 10.9. The van der Waals surface area contributed by atoms with Crippen molar-refractivity contribution in [1.82, 2.24) is 4.98 Å². The molecule has 0 spiro atoms. The van der Waals surface area contributed by atoms with Gasteiger partial charge in [0.15, 0.2) is 11.5 Å². The summed E-state index contributed by atoms with van der Waals surface area (Å²) in [6, 6.07) is 12.3. The summed E-state index contributed by atoms with van der Waals surface area (Å²) in [5.41, 5.74) is 2.95. The molecule has 0 aliphatic carbocycles. The molecule has 0 amide bonds. The van der Waals surface area contributed by atoms with E-state index in [0.29, 0.717) is 48.3 Å². The molecule has 56 heavy (non-hydrogen) atoms. The Balaban J connectivity index is 2.12. The number of rotatable bonds is 38. The van der Waals surface area contributed by atoms with Gasteiger partial charge in [-0.1, -0.05) is 200 Å². The first-order valence-electron chi connectivity index (χ1n) is 23.7. The van der Waals surface area contributed by atoms with Crippen molar-refractivity contribution in [3.8, 4) is 23.3 Å². The standard InChI is InChI=1S/C51H84N2O3/c1-5-8-11-14-17-20-23-26-29-32-38-54-49-42-46(41-47(44-52)48-37-35-36-45(4)53-48)43-50(55-39-33-30-27-24-21-18-15-12-9-6-2)51(49)56-40-34-31-28-25-22-19-16-13-10-7-3/h35-37,41-43H,5-34,38-40H2,1-4H3/b47-41-. The quantitative estimate of drug-likeness (QED) is 0.0502. The zero-order chi connectivity index (χ0) is 40.2. The van der Waals surface area contributed by atoms with E-state index in [1.54, 1.807) is 0 Å². The van der Waals surface area contributed by atoms with Crippen LogP contribution in [0.5, 0.6) is 17.2 Å². The average Bonchev–Trinajstić information content (AvgIpc) is 3.20. The number of aromatic nitrogens is 1. The summed E-state index contributed by atoms with van der Waals surface area (Å²) >= 11 is 0. The summed E-state index contributed by atoms with van der Waals surface area (Å²) in [5.74, 6) is 2.15. The second kappa shape index (κ2) is 35.2. The van der Waals surface area contributed by atoms with E-state index in [1.807, 2.05) is 43.3 Å². The molecule has 0 fully saturated rings. The molecule has 0 bridgehead atoms. The normalized spacial score (nSPS) is 11.5. The van der Waals surface area contributed by atoms with Crippen LogP contribution in [0.25, 0.3) is 11.6 Å². The maximum atomic E-state index is 10.2. The van der Waals surface area contributed by atoms with Crippen LogP contribution >= 0.6 is 0 Å². The van der Waals surface area contributed by atoms with Crippen molar-refractivity contribution < 1.29 is 14.2 Å². The number of hydrogen-bond acceptors (Lipinski definition) is 5. The fourth-order valence-electron chi connectivity index (χ4n) is 7.37. The molecule has 0 aliphatic rings. The highest BCUT2D eigenvalue weighted by Gasteiger charge is 2.17. The van der Waals surface area contributed by atoms with Gasteiger partial charge in [-0.15, -0.1) is 0 Å². The van der Waals surface area contributed by atoms with Crippen molar-refractivity contribution in [3.05, 3.63) is 47.3 Å². The number of allylic oxidation sites excluding steroid dienone is 1. The van der Waals surface area contributed by atoms with Crippen molar-refractivity contribution >= 4 is 11.6 Å². The van der Waals surface area contributed by atoms with Gasteiger partial charge in [0.05, 0.1) is 31.1 Å². The highest BCUT2D eigenvalue weighted by Crippen LogP contribution is 2.40. The van der Waals surface area contributed by atoms with E-state index in [1.165, 1.54) is 173 Å². The molecule has 2 aromatic rings. The van der Waals surface area contributed by atoms with E-state index < -0.39 is 0 Å². The highest BCUT2D eigenvalue weighted by molar-refractivity contribution is 5.89. The van der Waals surface area contributed by atoms with Crippen LogP contribution in [0, 0.1) is 18.3 Å². The van der Waals surface area contributed by atoms with Crippen LogP contribution in [-0.2, 0) is 0 Å². The van der Waals surface area contributed by atoms with Crippen LogP contribution in [0.2, 0.25) is 0 Å². The van der Waals surface area contributed by atoms with Crippen LogP contribution in [0.3, 0.4) is 0 Å². The third kappa shape index (κ3) is 24.6. The molecule has 0 saturated heterocycles. The maximum Gasteiger partial charge on any atom is 0.203 e. The lowest BCUT2D eigenvalue weighted by atomic mass is 10.1. The Labute approximate surface area is 345 Å². The Hall–Kier alpha value is -3.00. The first-order chi connectivity index (χ1) is 27.6. The van der Waals surface area contributed by atoms with E-state index in [9.17, 15) is 5.26 Å². The summed E-state index contributed by atoms with van der Waals surface area (Å²) in [6.45, 7) is 10.7. The molecule has 0 atom stereocenters. The molecule has 0 saturated carbocycles. The largest absolute Gasteiger partial charge is 0.490 e. The second-order valence-corrected chi connectivity index (χ2v) is 16.3. The second-order valence-electron chi connectivity index (χ2n) is 16.3. The Morgan fingerprint density at radius 1 is 0.518 bits per heavy atom. The fraction of sp³-hybridized carbons (Fsp3) is 0.725. The van der Waals surface area contributed by atoms with Crippen LogP contribution in [-0.4, -0.2) is 24.8 Å². The van der Waals surface area contributed by atoms with Gasteiger partial charge in [-0.2, -0.15) is 5.26 Å². The number of unbranched alkanes of at least 4 members (excludes halogenated alkanes) is 27. The van der Waals surface area contributed by atoms with Crippen LogP contribution < -0.4 is 14.2 Å². The summed E-state index contributed by atoms with van der Waals surface area (Å²) in [4.78, 5) is 4.64. The lowest BCUT2D eigenvalue weighted by Gasteiger charge is -2.18. The number of ether oxygens (including phenoxy) is 3. The zero-order valence-corrected chi connectivity index (χ0v) is 36.9. The third-order valence-corrected chi connectivity index (χ3v) is 10.9. The minimum absolute atomic E-state index is 0.522. The molecule has 5 nitrogen and oxygen atoms in total. The molecule has 5 heteroatoms. The summed E-state index contributed by atoms with van der Waals surface area (Å²) in [6.07, 6.45) is 40.6. The molecular weight excluding hydrogens is 689 g/mol. The van der Waals surface area contributed by atoms with Gasteiger partial charge >= 0.3 is 0 Å². The SMILES string of the molecule is CCCCCCCCCCCCOc1cc(/C=C(/C#N)c2cccc(C)n2)cc(OCCCCCCCCCCCC)c1OCCCCCCCCCCCC. The number of benzene rings is 1. The predicted molar refractivity (Wildman–Crippen MR) is 241 cm³/mol. The minimum atomic E-state index is 0.522. The van der Waals surface area contributed by atoms with Gasteiger partial charge in [-0.3, -0.25) is 4.98 Å². The molecular formula is C51H84N2O3. The Bertz CT molecular complexity index is 1250. The summed E-state index contributed by atoms with van der Waals surface area (Å²) in [7, 11) is 0. The van der Waals surface area contributed by atoms with Gasteiger partial charge in [0.25, 0.3) is 0 Å². The summed E-state index contributed by atoms with van der Waals surface area (Å²) in [5, 5.41) is 10.2. The number of pyridine rings is 1. The van der Waals surface area contributed by atoms with Gasteiger partial charge in [0, 0.05) is 5.69 Å². The first kappa shape index (κ1) is 49.1. The number of hydrogen-bond donors (Lipinski definition) is 0. The van der Waals surface area contributed by atoms with Gasteiger partial charge < -0.3 is 14.2 Å². The Kier molecular flexibility index (Phi) is 30.9. The molecule has 0 N–H and O–H groups in total. The summed E-state index contributed by atoms with van der Waals surface area (Å²) < 4.78 is 19.7. The van der Waals surface area contributed by atoms with Gasteiger partial charge in [0.2, 0.25) is 5.75 Å². The van der Waals surface area contributed by atoms with Crippen LogP contribution in [0.1, 0.15) is 230 Å². The average molecular weight is 773 g/mol. The number of nitriles is 1. The first-order valence-corrected chi connectivity index (χ1v) is 23.7. The lowest BCUT2D eigenvalue weighted by molar-refractivity contribution is 0.234. The van der Waals surface area contributed by atoms with Gasteiger partial charge in [-0.05, 0) is 62.1 Å². The molecule has 0 radical (unpaired) electrons. The van der Waals surface area contributed by atoms with E-state index in [0.717, 1.165) is 30.5 Å². The van der Waals surface area contributed by atoms with E-state index in [-0.39, 0.29) is 0 Å². The highest BCUT2D eigenvalue weighted by atomic mass is 16.5. The van der Waals surface area contributed by atoms with Crippen molar-refractivity contribution in [1.29, 1.82) is 5.26 Å². The van der Waals surface area contributed by atoms with Gasteiger partial charge in [-0.25, -0.2) is 0 Å². The van der Waals surface area contributed by atoms with Gasteiger partial charge in [0.1, 0.15) is 6.07 Å². The van der Waals surface area contributed by atoms with E-state index in [2.05, 4.69) is 31.8 Å². The lowest BCUT2D eigenvalue weighted by Crippen LogP contribution is -2.07. The van der Waals surface area contributed by atoms with Crippen molar-refractivity contribution in [3.63, 3.8) is 0 Å². The van der Waals surface area contributed by atoms with E-state index in [4.69, 9.17) is 14.2 Å². The fourth-order valence-corrected chi connectivity index (χ4v) is 7.37. The molecule has 1 aromatic heterocycles. The minimum Gasteiger partial charge on any atom is -0.490 e. The molecule has 0 unspecified atom stereocenters. The molecule has 2 rings (SSSR count). The van der Waals surface area contributed by atoms with Crippen LogP contribution in [0.15, 0.2) is 30.3 Å². The predicted octanol–water partition coefficient (Wildman–Crippen LogP) is 16.4. The van der Waals surface area contributed by atoms with Crippen molar-refractivity contribution in [2.45, 2.75) is 220 Å². The van der Waals surface area contributed by atoms with E-state index >= 15 is 0 Å². The van der Waals surface area contributed by atoms with Crippen molar-refractivity contribution in [2.24, 2.45) is 0 Å². The van der Waals surface area contributed by atoms with Crippen molar-refractivity contribution in [2.75, 3.05) is 19.8 Å². The molecule has 316 valence electrons. The monoisotopic (exact) mass is 773 g/mol. The number of aryl methyl sites for hydroxylation is 1. The Morgan fingerprint density at radius 2 is 0.875 bits per heavy atom. The maximum absolute atomic E-state index is 10.2. The zero-order valence-electron chi connectivity index (χ0n) is 36.9. The Morgan fingerprint density at radius 3 is 1.23 bits per heavy atom.